The number of hydrogen-bond donors (Lipinski definition) is 2. The van der Waals surface area contributed by atoms with Crippen LogP contribution in [0.25, 0.3) is 0 Å². The van der Waals surface area contributed by atoms with Gasteiger partial charge in [0.1, 0.15) is 0 Å². The van der Waals surface area contributed by atoms with Gasteiger partial charge in [-0.05, 0) is 48.6 Å². The summed E-state index contributed by atoms with van der Waals surface area (Å²) >= 11 is 1.90. The number of thiophene rings is 1. The molecular weight excluding hydrogens is 368 g/mol. The second-order valence-electron chi connectivity index (χ2n) is 9.33. The van der Waals surface area contributed by atoms with Crippen molar-refractivity contribution in [2.24, 2.45) is 16.3 Å². The summed E-state index contributed by atoms with van der Waals surface area (Å²) in [4.78, 5) is 8.58. The van der Waals surface area contributed by atoms with Crippen LogP contribution < -0.4 is 10.6 Å². The zero-order valence-corrected chi connectivity index (χ0v) is 19.1. The Bertz CT molecular complexity index is 651. The minimum atomic E-state index is 0.174. The average molecular weight is 407 g/mol. The third kappa shape index (κ3) is 5.49. The van der Waals surface area contributed by atoms with Crippen LogP contribution in [0.3, 0.4) is 0 Å². The molecule has 1 saturated heterocycles. The molecule has 2 aliphatic heterocycles. The summed E-state index contributed by atoms with van der Waals surface area (Å²) in [5, 5.41) is 9.31. The van der Waals surface area contributed by atoms with E-state index in [0.717, 1.165) is 45.2 Å². The van der Waals surface area contributed by atoms with Crippen molar-refractivity contribution in [3.63, 3.8) is 0 Å². The lowest BCUT2D eigenvalue weighted by Gasteiger charge is -2.40. The number of nitrogens with one attached hydrogen (secondary N) is 2. The van der Waals surface area contributed by atoms with Gasteiger partial charge in [-0.25, -0.2) is 0 Å². The normalized spacial score (nSPS) is 25.2. The summed E-state index contributed by atoms with van der Waals surface area (Å²) in [6, 6.07) is 2.76. The van der Waals surface area contributed by atoms with E-state index in [1.165, 1.54) is 18.4 Å². The summed E-state index contributed by atoms with van der Waals surface area (Å²) in [6.45, 7) is 14.1. The van der Waals surface area contributed by atoms with E-state index in [2.05, 4.69) is 59.7 Å². The molecule has 2 aliphatic rings. The number of rotatable bonds is 5. The molecule has 1 fully saturated rings. The van der Waals surface area contributed by atoms with Crippen molar-refractivity contribution >= 4 is 17.3 Å². The number of hydrogen-bond acceptors (Lipinski definition) is 4. The molecule has 0 aromatic carbocycles. The fourth-order valence-corrected chi connectivity index (χ4v) is 5.37. The predicted molar refractivity (Wildman–Crippen MR) is 119 cm³/mol. The quantitative estimate of drug-likeness (QED) is 0.580. The fraction of sp³-hybridized carbons (Fsp3) is 0.773. The standard InChI is InChI=1S/C22H38N4OS/c1-16(26-10-8-19-18(15-26)9-12-28-19)13-24-21(23-5)25-14-17-7-6-11-27-20(17)22(2,3)4/h9,12,16-17,20H,6-8,10-11,13-15H2,1-5H3,(H2,23,24,25). The van der Waals surface area contributed by atoms with E-state index in [-0.39, 0.29) is 5.41 Å². The van der Waals surface area contributed by atoms with E-state index in [1.54, 1.807) is 4.88 Å². The van der Waals surface area contributed by atoms with Gasteiger partial charge in [-0.15, -0.1) is 11.3 Å². The van der Waals surface area contributed by atoms with E-state index in [9.17, 15) is 0 Å². The summed E-state index contributed by atoms with van der Waals surface area (Å²) in [5.41, 5.74) is 1.68. The predicted octanol–water partition coefficient (Wildman–Crippen LogP) is 3.50. The van der Waals surface area contributed by atoms with Crippen molar-refractivity contribution in [1.29, 1.82) is 0 Å². The Balaban J connectivity index is 1.45. The van der Waals surface area contributed by atoms with E-state index in [1.807, 2.05) is 18.4 Å². The van der Waals surface area contributed by atoms with Crippen LogP contribution in [0.5, 0.6) is 0 Å². The van der Waals surface area contributed by atoms with Crippen molar-refractivity contribution in [2.75, 3.05) is 33.3 Å². The van der Waals surface area contributed by atoms with Gasteiger partial charge in [0.15, 0.2) is 5.96 Å². The molecule has 0 radical (unpaired) electrons. The molecule has 2 N–H and O–H groups in total. The molecular formula is C22H38N4OS. The average Bonchev–Trinajstić information content (AvgIpc) is 3.15. The monoisotopic (exact) mass is 406 g/mol. The van der Waals surface area contributed by atoms with E-state index >= 15 is 0 Å². The van der Waals surface area contributed by atoms with Gasteiger partial charge in [0.05, 0.1) is 6.10 Å². The molecule has 28 heavy (non-hydrogen) atoms. The van der Waals surface area contributed by atoms with Crippen LogP contribution in [0, 0.1) is 11.3 Å². The Morgan fingerprint density at radius 1 is 1.39 bits per heavy atom. The van der Waals surface area contributed by atoms with E-state index < -0.39 is 0 Å². The van der Waals surface area contributed by atoms with Crippen LogP contribution in [-0.4, -0.2) is 56.3 Å². The summed E-state index contributed by atoms with van der Waals surface area (Å²) < 4.78 is 6.11. The lowest BCUT2D eigenvalue weighted by atomic mass is 9.78. The maximum atomic E-state index is 6.11. The molecule has 0 saturated carbocycles. The minimum absolute atomic E-state index is 0.174. The minimum Gasteiger partial charge on any atom is -0.377 e. The zero-order valence-electron chi connectivity index (χ0n) is 18.3. The molecule has 0 amide bonds. The maximum absolute atomic E-state index is 6.11. The van der Waals surface area contributed by atoms with Gasteiger partial charge >= 0.3 is 0 Å². The highest BCUT2D eigenvalue weighted by atomic mass is 32.1. The summed E-state index contributed by atoms with van der Waals surface area (Å²) in [6.07, 6.45) is 3.86. The third-order valence-electron chi connectivity index (χ3n) is 6.08. The number of aliphatic imine (C=N–C) groups is 1. The highest BCUT2D eigenvalue weighted by Crippen LogP contribution is 2.33. The van der Waals surface area contributed by atoms with Gasteiger partial charge < -0.3 is 15.4 Å². The summed E-state index contributed by atoms with van der Waals surface area (Å²) in [5.74, 6) is 1.43. The Morgan fingerprint density at radius 2 is 2.21 bits per heavy atom. The van der Waals surface area contributed by atoms with Gasteiger partial charge in [0.2, 0.25) is 0 Å². The van der Waals surface area contributed by atoms with Gasteiger partial charge in [0, 0.05) is 56.7 Å². The molecule has 5 nitrogen and oxygen atoms in total. The van der Waals surface area contributed by atoms with Gasteiger partial charge in [0.25, 0.3) is 0 Å². The molecule has 0 bridgehead atoms. The van der Waals surface area contributed by atoms with Crippen LogP contribution in [0.4, 0.5) is 0 Å². The third-order valence-corrected chi connectivity index (χ3v) is 7.10. The topological polar surface area (TPSA) is 48.9 Å². The first kappa shape index (κ1) is 21.6. The Kier molecular flexibility index (Phi) is 7.40. The Morgan fingerprint density at radius 3 is 2.96 bits per heavy atom. The highest BCUT2D eigenvalue weighted by Gasteiger charge is 2.35. The van der Waals surface area contributed by atoms with Crippen LogP contribution in [-0.2, 0) is 17.7 Å². The molecule has 158 valence electrons. The number of fused-ring (bicyclic) bond motifs is 1. The molecule has 3 heterocycles. The molecule has 1 aromatic rings. The number of guanidine groups is 1. The number of ether oxygens (including phenoxy) is 1. The summed E-state index contributed by atoms with van der Waals surface area (Å²) in [7, 11) is 1.86. The molecule has 1 aromatic heterocycles. The molecule has 0 spiro atoms. The van der Waals surface area contributed by atoms with Crippen LogP contribution >= 0.6 is 11.3 Å². The van der Waals surface area contributed by atoms with Gasteiger partial charge in [-0.3, -0.25) is 9.89 Å². The van der Waals surface area contributed by atoms with Crippen LogP contribution in [0.2, 0.25) is 0 Å². The SMILES string of the molecule is CN=C(NCC1CCCOC1C(C)(C)C)NCC(C)N1CCc2sccc2C1. The Labute approximate surface area is 174 Å². The maximum Gasteiger partial charge on any atom is 0.191 e. The van der Waals surface area contributed by atoms with Crippen molar-refractivity contribution in [3.05, 3.63) is 21.9 Å². The van der Waals surface area contributed by atoms with Crippen molar-refractivity contribution in [1.82, 2.24) is 15.5 Å². The molecule has 0 aliphatic carbocycles. The van der Waals surface area contributed by atoms with Gasteiger partial charge in [-0.2, -0.15) is 0 Å². The molecule has 6 heteroatoms. The van der Waals surface area contributed by atoms with E-state index in [0.29, 0.717) is 18.1 Å². The molecule has 3 unspecified atom stereocenters. The van der Waals surface area contributed by atoms with Crippen LogP contribution in [0.15, 0.2) is 16.4 Å². The van der Waals surface area contributed by atoms with Gasteiger partial charge in [-0.1, -0.05) is 20.8 Å². The molecule has 3 atom stereocenters. The highest BCUT2D eigenvalue weighted by molar-refractivity contribution is 7.10. The largest absolute Gasteiger partial charge is 0.377 e. The van der Waals surface area contributed by atoms with E-state index in [4.69, 9.17) is 4.74 Å². The first-order valence-corrected chi connectivity index (χ1v) is 11.6. The lowest BCUT2D eigenvalue weighted by Crippen LogP contribution is -2.50. The fourth-order valence-electron chi connectivity index (χ4n) is 4.48. The van der Waals surface area contributed by atoms with Crippen molar-refractivity contribution < 1.29 is 4.74 Å². The van der Waals surface area contributed by atoms with Crippen LogP contribution in [0.1, 0.15) is 51.0 Å². The Hall–Kier alpha value is -1.11. The first-order chi connectivity index (χ1) is 13.4. The zero-order chi connectivity index (χ0) is 20.1. The second-order valence-corrected chi connectivity index (χ2v) is 10.3. The number of nitrogens with zero attached hydrogens (tertiary/aromatic N) is 2. The van der Waals surface area contributed by atoms with Crippen molar-refractivity contribution in [3.8, 4) is 0 Å². The molecule has 3 rings (SSSR count). The first-order valence-electron chi connectivity index (χ1n) is 10.7. The van der Waals surface area contributed by atoms with Crippen molar-refractivity contribution in [2.45, 2.75) is 65.6 Å². The lowest BCUT2D eigenvalue weighted by molar-refractivity contribution is -0.0835. The smallest absolute Gasteiger partial charge is 0.191 e. The second kappa shape index (κ2) is 9.59.